The zero-order valence-electron chi connectivity index (χ0n) is 10.0. The summed E-state index contributed by atoms with van der Waals surface area (Å²) in [5, 5.41) is 0. The fourth-order valence-corrected chi connectivity index (χ4v) is 2.08. The van der Waals surface area contributed by atoms with Gasteiger partial charge in [0.2, 0.25) is 0 Å². The molecule has 4 atom stereocenters. The number of rotatable bonds is 7. The first-order valence-electron chi connectivity index (χ1n) is 6.48. The highest BCUT2D eigenvalue weighted by Crippen LogP contribution is 2.22. The van der Waals surface area contributed by atoms with Crippen molar-refractivity contribution in [2.45, 2.75) is 43.9 Å². The predicted molar refractivity (Wildman–Crippen MR) is 58.8 cm³/mol. The molecule has 0 aromatic heterocycles. The van der Waals surface area contributed by atoms with Gasteiger partial charge in [0.05, 0.1) is 45.2 Å². The van der Waals surface area contributed by atoms with Gasteiger partial charge in [0.15, 0.2) is 6.29 Å². The summed E-state index contributed by atoms with van der Waals surface area (Å²) in [4.78, 5) is 0. The van der Waals surface area contributed by atoms with Crippen LogP contribution in [0.4, 0.5) is 0 Å². The molecule has 4 unspecified atom stereocenters. The molecule has 0 aromatic rings. The molecule has 0 N–H and O–H groups in total. The van der Waals surface area contributed by atoms with Crippen LogP contribution in [0.2, 0.25) is 0 Å². The van der Waals surface area contributed by atoms with Gasteiger partial charge in [-0.05, 0) is 12.8 Å². The van der Waals surface area contributed by atoms with E-state index < -0.39 is 0 Å². The van der Waals surface area contributed by atoms with Crippen molar-refractivity contribution in [1.82, 2.24) is 0 Å². The molecule has 3 fully saturated rings. The molecule has 0 radical (unpaired) electrons. The quantitative estimate of drug-likeness (QED) is 0.617. The van der Waals surface area contributed by atoms with Gasteiger partial charge in [-0.15, -0.1) is 0 Å². The zero-order chi connectivity index (χ0) is 11.5. The maximum absolute atomic E-state index is 5.84. The fraction of sp³-hybridized carbons (Fsp3) is 1.00. The molecule has 5 heteroatoms. The normalized spacial score (nSPS) is 40.2. The van der Waals surface area contributed by atoms with Gasteiger partial charge in [-0.2, -0.15) is 0 Å². The second kappa shape index (κ2) is 5.63. The molecule has 0 saturated carbocycles. The van der Waals surface area contributed by atoms with Crippen LogP contribution in [0, 0.1) is 0 Å². The van der Waals surface area contributed by atoms with E-state index in [1.807, 2.05) is 0 Å². The largest absolute Gasteiger partial charge is 0.376 e. The highest BCUT2D eigenvalue weighted by Gasteiger charge is 2.29. The van der Waals surface area contributed by atoms with E-state index in [2.05, 4.69) is 0 Å². The summed E-state index contributed by atoms with van der Waals surface area (Å²) in [5.74, 6) is 0. The third kappa shape index (κ3) is 3.63. The topological polar surface area (TPSA) is 49.5 Å². The Balaban J connectivity index is 1.25. The summed E-state index contributed by atoms with van der Waals surface area (Å²) in [6, 6.07) is 0. The van der Waals surface area contributed by atoms with Crippen molar-refractivity contribution in [3.05, 3.63) is 0 Å². The van der Waals surface area contributed by atoms with Crippen LogP contribution in [0.15, 0.2) is 0 Å². The van der Waals surface area contributed by atoms with Gasteiger partial charge in [-0.1, -0.05) is 0 Å². The predicted octanol–water partition coefficient (Wildman–Crippen LogP) is 0.712. The molecule has 0 aromatic carbocycles. The summed E-state index contributed by atoms with van der Waals surface area (Å²) >= 11 is 0. The maximum Gasteiger partial charge on any atom is 0.159 e. The molecular formula is C12H20O5. The smallest absolute Gasteiger partial charge is 0.159 e. The van der Waals surface area contributed by atoms with Crippen molar-refractivity contribution in [3.63, 3.8) is 0 Å². The lowest BCUT2D eigenvalue weighted by Gasteiger charge is -2.27. The van der Waals surface area contributed by atoms with Crippen LogP contribution in [0.1, 0.15) is 19.3 Å². The summed E-state index contributed by atoms with van der Waals surface area (Å²) in [7, 11) is 0. The van der Waals surface area contributed by atoms with Crippen molar-refractivity contribution in [2.24, 2.45) is 0 Å². The van der Waals surface area contributed by atoms with Crippen molar-refractivity contribution < 1.29 is 23.7 Å². The number of hydrogen-bond donors (Lipinski definition) is 0. The standard InChI is InChI=1S/C12H20O5/c1-2-10(7-16-12-3-4-14-12)17-9(1)5-13-6-11-8-15-11/h9-12H,1-8H2. The van der Waals surface area contributed by atoms with Gasteiger partial charge < -0.3 is 23.7 Å². The van der Waals surface area contributed by atoms with Crippen molar-refractivity contribution in [3.8, 4) is 0 Å². The van der Waals surface area contributed by atoms with Crippen molar-refractivity contribution >= 4 is 0 Å². The van der Waals surface area contributed by atoms with Crippen LogP contribution in [0.3, 0.4) is 0 Å². The Morgan fingerprint density at radius 1 is 0.882 bits per heavy atom. The lowest BCUT2D eigenvalue weighted by molar-refractivity contribution is -0.225. The minimum atomic E-state index is 0.0147. The Morgan fingerprint density at radius 2 is 1.59 bits per heavy atom. The molecule has 0 spiro atoms. The second-order valence-electron chi connectivity index (χ2n) is 4.87. The van der Waals surface area contributed by atoms with Crippen LogP contribution in [-0.4, -0.2) is 57.6 Å². The first kappa shape index (κ1) is 11.9. The number of epoxide rings is 1. The first-order valence-corrected chi connectivity index (χ1v) is 6.48. The van der Waals surface area contributed by atoms with Gasteiger partial charge in [0, 0.05) is 6.42 Å². The minimum Gasteiger partial charge on any atom is -0.376 e. The Bertz CT molecular complexity index is 239. The SMILES string of the molecule is C1CC(OCC2CCC(COCC3CO3)O2)O1. The molecule has 98 valence electrons. The van der Waals surface area contributed by atoms with Gasteiger partial charge >= 0.3 is 0 Å². The molecular weight excluding hydrogens is 224 g/mol. The highest BCUT2D eigenvalue weighted by molar-refractivity contribution is 4.74. The molecule has 3 heterocycles. The van der Waals surface area contributed by atoms with E-state index in [0.717, 1.165) is 32.5 Å². The van der Waals surface area contributed by atoms with Crippen LogP contribution in [-0.2, 0) is 23.7 Å². The van der Waals surface area contributed by atoms with Crippen LogP contribution >= 0.6 is 0 Å². The van der Waals surface area contributed by atoms with Gasteiger partial charge in [0.25, 0.3) is 0 Å². The summed E-state index contributed by atoms with van der Waals surface area (Å²) in [5.41, 5.74) is 0. The van der Waals surface area contributed by atoms with E-state index in [4.69, 9.17) is 23.7 Å². The van der Waals surface area contributed by atoms with Crippen molar-refractivity contribution in [2.75, 3.05) is 33.0 Å². The third-order valence-corrected chi connectivity index (χ3v) is 3.33. The molecule has 5 nitrogen and oxygen atoms in total. The molecule has 0 aliphatic carbocycles. The van der Waals surface area contributed by atoms with E-state index in [9.17, 15) is 0 Å². The Morgan fingerprint density at radius 3 is 2.24 bits per heavy atom. The summed E-state index contributed by atoms with van der Waals surface area (Å²) in [6.45, 7) is 3.71. The molecule has 3 aliphatic heterocycles. The van der Waals surface area contributed by atoms with E-state index in [1.165, 1.54) is 0 Å². The van der Waals surface area contributed by atoms with E-state index in [0.29, 0.717) is 25.9 Å². The second-order valence-corrected chi connectivity index (χ2v) is 4.87. The molecule has 3 rings (SSSR count). The zero-order valence-corrected chi connectivity index (χ0v) is 10.0. The highest BCUT2D eigenvalue weighted by atomic mass is 16.7. The third-order valence-electron chi connectivity index (χ3n) is 3.33. The van der Waals surface area contributed by atoms with E-state index >= 15 is 0 Å². The molecule has 17 heavy (non-hydrogen) atoms. The van der Waals surface area contributed by atoms with Crippen LogP contribution in [0.25, 0.3) is 0 Å². The Kier molecular flexibility index (Phi) is 3.93. The first-order chi connectivity index (χ1) is 8.40. The minimum absolute atomic E-state index is 0.0147. The van der Waals surface area contributed by atoms with Gasteiger partial charge in [-0.25, -0.2) is 0 Å². The van der Waals surface area contributed by atoms with Crippen LogP contribution in [0.5, 0.6) is 0 Å². The molecule has 0 amide bonds. The number of ether oxygens (including phenoxy) is 5. The number of hydrogen-bond acceptors (Lipinski definition) is 5. The monoisotopic (exact) mass is 244 g/mol. The average Bonchev–Trinajstić information content (AvgIpc) is 2.96. The summed E-state index contributed by atoms with van der Waals surface area (Å²) < 4.78 is 27.2. The van der Waals surface area contributed by atoms with Gasteiger partial charge in [0.1, 0.15) is 6.10 Å². The van der Waals surface area contributed by atoms with Gasteiger partial charge in [-0.3, -0.25) is 0 Å². The van der Waals surface area contributed by atoms with Crippen molar-refractivity contribution in [1.29, 1.82) is 0 Å². The summed E-state index contributed by atoms with van der Waals surface area (Å²) in [6.07, 6.45) is 3.92. The lowest BCUT2D eigenvalue weighted by Crippen LogP contribution is -2.32. The lowest BCUT2D eigenvalue weighted by atomic mass is 10.2. The van der Waals surface area contributed by atoms with E-state index in [1.54, 1.807) is 0 Å². The molecule has 3 aliphatic rings. The Hall–Kier alpha value is -0.200. The fourth-order valence-electron chi connectivity index (χ4n) is 2.08. The Labute approximate surface area is 101 Å². The molecule has 0 bridgehead atoms. The maximum atomic E-state index is 5.84. The van der Waals surface area contributed by atoms with E-state index in [-0.39, 0.29) is 18.5 Å². The average molecular weight is 244 g/mol. The van der Waals surface area contributed by atoms with Crippen LogP contribution < -0.4 is 0 Å². The molecule has 3 saturated heterocycles.